The van der Waals surface area contributed by atoms with Crippen LogP contribution in [0, 0.1) is 0 Å². The molecule has 0 radical (unpaired) electrons. The van der Waals surface area contributed by atoms with E-state index >= 15 is 0 Å². The summed E-state index contributed by atoms with van der Waals surface area (Å²) >= 11 is 1.60. The Labute approximate surface area is 154 Å². The third kappa shape index (κ3) is 3.38. The molecule has 1 aliphatic heterocycles. The number of hydrogen-bond donors (Lipinski definition) is 2. The van der Waals surface area contributed by atoms with Gasteiger partial charge in [0.2, 0.25) is 11.8 Å². The number of carbonyl (C=O) groups excluding carboxylic acids is 2. The lowest BCUT2D eigenvalue weighted by Gasteiger charge is -2.15. The third-order valence-corrected chi connectivity index (χ3v) is 6.29. The summed E-state index contributed by atoms with van der Waals surface area (Å²) in [6.45, 7) is 1.61. The van der Waals surface area contributed by atoms with Crippen LogP contribution in [0.3, 0.4) is 0 Å². The second-order valence-corrected chi connectivity index (χ2v) is 8.00. The van der Waals surface area contributed by atoms with Crippen LogP contribution >= 0.6 is 11.3 Å². The molecule has 138 valence electrons. The van der Waals surface area contributed by atoms with Crippen molar-refractivity contribution in [2.45, 2.75) is 44.9 Å². The minimum absolute atomic E-state index is 0.0306. The van der Waals surface area contributed by atoms with Crippen LogP contribution in [0.2, 0.25) is 0 Å². The molecule has 3 heterocycles. The maximum Gasteiger partial charge on any atom is 0.259 e. The van der Waals surface area contributed by atoms with Crippen molar-refractivity contribution in [1.82, 2.24) is 20.2 Å². The number of hydrogen-bond acceptors (Lipinski definition) is 5. The van der Waals surface area contributed by atoms with Crippen molar-refractivity contribution in [1.29, 1.82) is 0 Å². The van der Waals surface area contributed by atoms with E-state index in [9.17, 15) is 14.4 Å². The van der Waals surface area contributed by atoms with Crippen molar-refractivity contribution < 1.29 is 9.59 Å². The summed E-state index contributed by atoms with van der Waals surface area (Å²) in [5, 5.41) is 3.39. The molecule has 0 atom stereocenters. The molecule has 2 aromatic rings. The first-order chi connectivity index (χ1) is 12.6. The van der Waals surface area contributed by atoms with Gasteiger partial charge in [0.1, 0.15) is 10.7 Å². The zero-order valence-electron chi connectivity index (χ0n) is 14.6. The first-order valence-electron chi connectivity index (χ1n) is 9.20. The fourth-order valence-corrected chi connectivity index (χ4v) is 5.02. The SMILES string of the molecule is O=C(CCc1nc2sc3c(c2c(=O)[nH]1)CCC3)NCC(=O)N1CCCC1. The zero-order valence-corrected chi connectivity index (χ0v) is 15.4. The normalized spacial score (nSPS) is 16.2. The molecule has 2 aliphatic rings. The smallest absolute Gasteiger partial charge is 0.259 e. The molecule has 0 spiro atoms. The van der Waals surface area contributed by atoms with E-state index in [1.165, 1.54) is 4.88 Å². The summed E-state index contributed by atoms with van der Waals surface area (Å²) in [5.74, 6) is 0.300. The van der Waals surface area contributed by atoms with E-state index in [1.54, 1.807) is 16.2 Å². The van der Waals surface area contributed by atoms with Gasteiger partial charge in [-0.3, -0.25) is 14.4 Å². The number of aryl methyl sites for hydroxylation is 3. The standard InChI is InChI=1S/C18H22N4O3S/c23-14(19-10-15(24)22-8-1-2-9-22)7-6-13-20-17(25)16-11-4-3-5-12(11)26-18(16)21-13/h1-10H2,(H,19,23)(H,20,21,25). The van der Waals surface area contributed by atoms with E-state index in [1.807, 2.05) is 0 Å². The number of thiophene rings is 1. The van der Waals surface area contributed by atoms with Crippen molar-refractivity contribution in [3.8, 4) is 0 Å². The van der Waals surface area contributed by atoms with E-state index < -0.39 is 0 Å². The predicted octanol–water partition coefficient (Wildman–Crippen LogP) is 1.14. The van der Waals surface area contributed by atoms with E-state index in [-0.39, 0.29) is 30.3 Å². The third-order valence-electron chi connectivity index (χ3n) is 5.11. The Hall–Kier alpha value is -2.22. The van der Waals surface area contributed by atoms with Gasteiger partial charge in [-0.05, 0) is 37.7 Å². The summed E-state index contributed by atoms with van der Waals surface area (Å²) in [6.07, 6.45) is 5.71. The van der Waals surface area contributed by atoms with Crippen molar-refractivity contribution in [2.24, 2.45) is 0 Å². The number of carbonyl (C=O) groups is 2. The summed E-state index contributed by atoms with van der Waals surface area (Å²) in [4.78, 5) is 47.5. The van der Waals surface area contributed by atoms with Gasteiger partial charge < -0.3 is 15.2 Å². The maximum atomic E-state index is 12.4. The second-order valence-electron chi connectivity index (χ2n) is 6.91. The zero-order chi connectivity index (χ0) is 18.1. The van der Waals surface area contributed by atoms with Crippen molar-refractivity contribution in [3.05, 3.63) is 26.6 Å². The fourth-order valence-electron chi connectivity index (χ4n) is 3.74. The van der Waals surface area contributed by atoms with Crippen LogP contribution in [0.4, 0.5) is 0 Å². The number of amides is 2. The molecule has 4 rings (SSSR count). The highest BCUT2D eigenvalue weighted by Gasteiger charge is 2.21. The van der Waals surface area contributed by atoms with E-state index in [4.69, 9.17) is 0 Å². The summed E-state index contributed by atoms with van der Waals surface area (Å²) < 4.78 is 0. The molecule has 0 bridgehead atoms. The lowest BCUT2D eigenvalue weighted by molar-refractivity contribution is -0.132. The lowest BCUT2D eigenvalue weighted by Crippen LogP contribution is -2.38. The number of likely N-dealkylation sites (tertiary alicyclic amines) is 1. The molecule has 0 saturated carbocycles. The van der Waals surface area contributed by atoms with Crippen LogP contribution in [0.15, 0.2) is 4.79 Å². The minimum atomic E-state index is -0.200. The molecule has 1 saturated heterocycles. The lowest BCUT2D eigenvalue weighted by atomic mass is 10.2. The summed E-state index contributed by atoms with van der Waals surface area (Å²) in [5.41, 5.74) is 1.05. The Morgan fingerprint density at radius 3 is 2.81 bits per heavy atom. The van der Waals surface area contributed by atoms with Gasteiger partial charge >= 0.3 is 0 Å². The van der Waals surface area contributed by atoms with Gasteiger partial charge in [-0.2, -0.15) is 0 Å². The van der Waals surface area contributed by atoms with Crippen LogP contribution < -0.4 is 10.9 Å². The predicted molar refractivity (Wildman–Crippen MR) is 99.4 cm³/mol. The van der Waals surface area contributed by atoms with Crippen LogP contribution in [-0.4, -0.2) is 46.3 Å². The van der Waals surface area contributed by atoms with Gasteiger partial charge in [-0.15, -0.1) is 11.3 Å². The monoisotopic (exact) mass is 374 g/mol. The highest BCUT2D eigenvalue weighted by molar-refractivity contribution is 7.18. The highest BCUT2D eigenvalue weighted by atomic mass is 32.1. The molecule has 1 fully saturated rings. The maximum absolute atomic E-state index is 12.4. The quantitative estimate of drug-likeness (QED) is 0.821. The van der Waals surface area contributed by atoms with Crippen LogP contribution in [0.25, 0.3) is 10.2 Å². The van der Waals surface area contributed by atoms with Gasteiger partial charge in [-0.25, -0.2) is 4.98 Å². The van der Waals surface area contributed by atoms with E-state index in [2.05, 4.69) is 15.3 Å². The average Bonchev–Trinajstić information content (AvgIpc) is 3.33. The highest BCUT2D eigenvalue weighted by Crippen LogP contribution is 2.34. The molecule has 26 heavy (non-hydrogen) atoms. The van der Waals surface area contributed by atoms with E-state index in [0.717, 1.165) is 61.0 Å². The van der Waals surface area contributed by atoms with Gasteiger partial charge in [0.15, 0.2) is 0 Å². The van der Waals surface area contributed by atoms with E-state index in [0.29, 0.717) is 12.2 Å². The van der Waals surface area contributed by atoms with Crippen molar-refractivity contribution in [2.75, 3.05) is 19.6 Å². The summed E-state index contributed by atoms with van der Waals surface area (Å²) in [7, 11) is 0. The Bertz CT molecular complexity index is 911. The Kier molecular flexibility index (Phi) is 4.76. The molecule has 8 heteroatoms. The number of fused-ring (bicyclic) bond motifs is 3. The molecule has 7 nitrogen and oxygen atoms in total. The van der Waals surface area contributed by atoms with Gasteiger partial charge in [0, 0.05) is 30.8 Å². The van der Waals surface area contributed by atoms with Gasteiger partial charge in [0.25, 0.3) is 5.56 Å². The molecule has 2 N–H and O–H groups in total. The molecular weight excluding hydrogens is 352 g/mol. The Morgan fingerprint density at radius 1 is 1.19 bits per heavy atom. The first kappa shape index (κ1) is 17.2. The van der Waals surface area contributed by atoms with Gasteiger partial charge in [0.05, 0.1) is 11.9 Å². The molecule has 2 aromatic heterocycles. The number of aromatic amines is 1. The second kappa shape index (κ2) is 7.19. The molecule has 2 amide bonds. The first-order valence-corrected chi connectivity index (χ1v) is 10.0. The Morgan fingerprint density at radius 2 is 2.00 bits per heavy atom. The van der Waals surface area contributed by atoms with Crippen LogP contribution in [-0.2, 0) is 28.9 Å². The molecular formula is C18H22N4O3S. The molecule has 0 unspecified atom stereocenters. The topological polar surface area (TPSA) is 95.2 Å². The average molecular weight is 374 g/mol. The molecule has 1 aliphatic carbocycles. The fraction of sp³-hybridized carbons (Fsp3) is 0.556. The van der Waals surface area contributed by atoms with Crippen LogP contribution in [0.5, 0.6) is 0 Å². The van der Waals surface area contributed by atoms with Crippen molar-refractivity contribution >= 4 is 33.4 Å². The van der Waals surface area contributed by atoms with Crippen LogP contribution in [0.1, 0.15) is 41.9 Å². The number of aromatic nitrogens is 2. The number of H-pyrrole nitrogens is 1. The number of nitrogens with one attached hydrogen (secondary N) is 2. The summed E-state index contributed by atoms with van der Waals surface area (Å²) in [6, 6.07) is 0. The Balaban J connectivity index is 1.35. The minimum Gasteiger partial charge on any atom is -0.347 e. The van der Waals surface area contributed by atoms with Crippen molar-refractivity contribution in [3.63, 3.8) is 0 Å². The number of rotatable bonds is 5. The number of nitrogens with zero attached hydrogens (tertiary/aromatic N) is 2. The largest absolute Gasteiger partial charge is 0.347 e. The molecule has 0 aromatic carbocycles. The van der Waals surface area contributed by atoms with Gasteiger partial charge in [-0.1, -0.05) is 0 Å².